The minimum absolute atomic E-state index is 0.136. The molecule has 0 saturated carbocycles. The molecule has 0 bridgehead atoms. The van der Waals surface area contributed by atoms with E-state index in [4.69, 9.17) is 0 Å². The van der Waals surface area contributed by atoms with Crippen molar-refractivity contribution in [3.05, 3.63) is 45.2 Å². The Hall–Kier alpha value is -1.37. The van der Waals surface area contributed by atoms with Gasteiger partial charge in [-0.1, -0.05) is 19.4 Å². The van der Waals surface area contributed by atoms with Gasteiger partial charge < -0.3 is 5.32 Å². The number of nitrogens with one attached hydrogen (secondary N) is 2. The van der Waals surface area contributed by atoms with Gasteiger partial charge in [-0.25, -0.2) is 0 Å². The van der Waals surface area contributed by atoms with Gasteiger partial charge in [0.1, 0.15) is 0 Å². The van der Waals surface area contributed by atoms with E-state index in [-0.39, 0.29) is 5.91 Å². The number of carbonyl (C=O) groups is 1. The van der Waals surface area contributed by atoms with Crippen LogP contribution in [0.25, 0.3) is 0 Å². The molecule has 1 aromatic heterocycles. The predicted molar refractivity (Wildman–Crippen MR) is 79.7 cm³/mol. The molecule has 0 radical (unpaired) electrons. The summed E-state index contributed by atoms with van der Waals surface area (Å²) in [5.41, 5.74) is 1.68. The summed E-state index contributed by atoms with van der Waals surface area (Å²) in [7, 11) is 0. The Labute approximate surface area is 119 Å². The third-order valence-electron chi connectivity index (χ3n) is 2.48. The fourth-order valence-electron chi connectivity index (χ4n) is 1.64. The van der Waals surface area contributed by atoms with Gasteiger partial charge in [-0.05, 0) is 47.2 Å². The second kappa shape index (κ2) is 5.99. The molecule has 0 atom stereocenters. The Balaban J connectivity index is 2.06. The van der Waals surface area contributed by atoms with E-state index in [1.807, 2.05) is 24.3 Å². The molecule has 18 heavy (non-hydrogen) atoms. The van der Waals surface area contributed by atoms with Gasteiger partial charge in [-0.3, -0.25) is 9.89 Å². The van der Waals surface area contributed by atoms with E-state index in [1.165, 1.54) is 0 Å². The van der Waals surface area contributed by atoms with Crippen LogP contribution in [0.4, 0.5) is 5.82 Å². The van der Waals surface area contributed by atoms with Gasteiger partial charge in [0, 0.05) is 20.9 Å². The Morgan fingerprint density at radius 1 is 1.44 bits per heavy atom. The standard InChI is InChI=1S/C13H14IN3O/c1-2-4-11-8-12(17-16-11)15-13(18)9-5-3-6-10(14)7-9/h3,5-8H,2,4H2,1H3,(H2,15,16,17,18). The lowest BCUT2D eigenvalue weighted by Gasteiger charge is -2.01. The second-order valence-electron chi connectivity index (χ2n) is 3.99. The van der Waals surface area contributed by atoms with E-state index < -0.39 is 0 Å². The van der Waals surface area contributed by atoms with Gasteiger partial charge in [0.2, 0.25) is 0 Å². The van der Waals surface area contributed by atoms with E-state index >= 15 is 0 Å². The van der Waals surface area contributed by atoms with Gasteiger partial charge >= 0.3 is 0 Å². The maximum atomic E-state index is 12.0. The van der Waals surface area contributed by atoms with Gasteiger partial charge in [-0.15, -0.1) is 0 Å². The first-order chi connectivity index (χ1) is 8.69. The summed E-state index contributed by atoms with van der Waals surface area (Å²) < 4.78 is 1.04. The molecule has 94 valence electrons. The molecular formula is C13H14IN3O. The third-order valence-corrected chi connectivity index (χ3v) is 3.15. The zero-order chi connectivity index (χ0) is 13.0. The van der Waals surface area contributed by atoms with Crippen molar-refractivity contribution in [1.29, 1.82) is 0 Å². The number of aromatic amines is 1. The van der Waals surface area contributed by atoms with Crippen molar-refractivity contribution >= 4 is 34.3 Å². The SMILES string of the molecule is CCCc1cc(NC(=O)c2cccc(I)c2)n[nH]1. The summed E-state index contributed by atoms with van der Waals surface area (Å²) in [6.45, 7) is 2.10. The number of H-pyrrole nitrogens is 1. The van der Waals surface area contributed by atoms with Crippen LogP contribution in [-0.4, -0.2) is 16.1 Å². The molecule has 0 aliphatic rings. The number of aromatic nitrogens is 2. The van der Waals surface area contributed by atoms with E-state index in [0.29, 0.717) is 11.4 Å². The average molecular weight is 355 g/mol. The molecular weight excluding hydrogens is 341 g/mol. The lowest BCUT2D eigenvalue weighted by molar-refractivity contribution is 0.102. The minimum atomic E-state index is -0.136. The first kappa shape index (κ1) is 13.1. The minimum Gasteiger partial charge on any atom is -0.305 e. The van der Waals surface area contributed by atoms with Gasteiger partial charge in [0.15, 0.2) is 5.82 Å². The number of carbonyl (C=O) groups excluding carboxylic acids is 1. The van der Waals surface area contributed by atoms with E-state index in [9.17, 15) is 4.79 Å². The van der Waals surface area contributed by atoms with Crippen LogP contribution in [0.15, 0.2) is 30.3 Å². The highest BCUT2D eigenvalue weighted by molar-refractivity contribution is 14.1. The molecule has 1 heterocycles. The number of hydrogen-bond acceptors (Lipinski definition) is 2. The maximum absolute atomic E-state index is 12.0. The van der Waals surface area contributed by atoms with Crippen LogP contribution in [0.5, 0.6) is 0 Å². The monoisotopic (exact) mass is 355 g/mol. The summed E-state index contributed by atoms with van der Waals surface area (Å²) >= 11 is 2.18. The largest absolute Gasteiger partial charge is 0.305 e. The van der Waals surface area contributed by atoms with Crippen molar-refractivity contribution in [1.82, 2.24) is 10.2 Å². The Morgan fingerprint density at radius 3 is 3.00 bits per heavy atom. The molecule has 0 spiro atoms. The molecule has 4 nitrogen and oxygen atoms in total. The van der Waals surface area contributed by atoms with Crippen LogP contribution in [0.2, 0.25) is 0 Å². The molecule has 0 aliphatic carbocycles. The van der Waals surface area contributed by atoms with Crippen molar-refractivity contribution in [2.45, 2.75) is 19.8 Å². The fraction of sp³-hybridized carbons (Fsp3) is 0.231. The number of hydrogen-bond donors (Lipinski definition) is 2. The Morgan fingerprint density at radius 2 is 2.28 bits per heavy atom. The summed E-state index contributed by atoms with van der Waals surface area (Å²) in [5, 5.41) is 9.75. The number of aryl methyl sites for hydroxylation is 1. The van der Waals surface area contributed by atoms with Crippen molar-refractivity contribution in [3.8, 4) is 0 Å². The topological polar surface area (TPSA) is 57.8 Å². The Kier molecular flexibility index (Phi) is 4.35. The van der Waals surface area contributed by atoms with E-state index in [0.717, 1.165) is 22.1 Å². The molecule has 0 unspecified atom stereocenters. The van der Waals surface area contributed by atoms with E-state index in [2.05, 4.69) is 45.0 Å². The number of anilines is 1. The highest BCUT2D eigenvalue weighted by Crippen LogP contribution is 2.11. The van der Waals surface area contributed by atoms with Crippen LogP contribution >= 0.6 is 22.6 Å². The Bertz CT molecular complexity index is 551. The van der Waals surface area contributed by atoms with Crippen molar-refractivity contribution in [3.63, 3.8) is 0 Å². The second-order valence-corrected chi connectivity index (χ2v) is 5.24. The molecule has 1 amide bonds. The van der Waals surface area contributed by atoms with Crippen molar-refractivity contribution < 1.29 is 4.79 Å². The van der Waals surface area contributed by atoms with Crippen LogP contribution in [-0.2, 0) is 6.42 Å². The average Bonchev–Trinajstić information content (AvgIpc) is 2.77. The fourth-order valence-corrected chi connectivity index (χ4v) is 2.18. The normalized spacial score (nSPS) is 10.3. The van der Waals surface area contributed by atoms with Crippen LogP contribution < -0.4 is 5.32 Å². The summed E-state index contributed by atoms with van der Waals surface area (Å²) in [6, 6.07) is 9.32. The lowest BCUT2D eigenvalue weighted by Crippen LogP contribution is -2.12. The highest BCUT2D eigenvalue weighted by atomic mass is 127. The molecule has 2 aromatic rings. The smallest absolute Gasteiger partial charge is 0.256 e. The molecule has 0 aliphatic heterocycles. The molecule has 5 heteroatoms. The number of benzene rings is 1. The lowest BCUT2D eigenvalue weighted by atomic mass is 10.2. The van der Waals surface area contributed by atoms with Crippen molar-refractivity contribution in [2.75, 3.05) is 5.32 Å². The first-order valence-corrected chi connectivity index (χ1v) is 6.88. The van der Waals surface area contributed by atoms with Crippen LogP contribution in [0.1, 0.15) is 29.4 Å². The maximum Gasteiger partial charge on any atom is 0.256 e. The van der Waals surface area contributed by atoms with Crippen LogP contribution in [0, 0.1) is 3.57 Å². The number of halogens is 1. The van der Waals surface area contributed by atoms with Gasteiger partial charge in [0.25, 0.3) is 5.91 Å². The zero-order valence-electron chi connectivity index (χ0n) is 10.0. The predicted octanol–water partition coefficient (Wildman–Crippen LogP) is 3.22. The third kappa shape index (κ3) is 3.32. The summed E-state index contributed by atoms with van der Waals surface area (Å²) in [6.07, 6.45) is 1.98. The first-order valence-electron chi connectivity index (χ1n) is 5.80. The van der Waals surface area contributed by atoms with Gasteiger partial charge in [-0.2, -0.15) is 5.10 Å². The zero-order valence-corrected chi connectivity index (χ0v) is 12.2. The van der Waals surface area contributed by atoms with Crippen molar-refractivity contribution in [2.24, 2.45) is 0 Å². The van der Waals surface area contributed by atoms with E-state index in [1.54, 1.807) is 6.07 Å². The quantitative estimate of drug-likeness (QED) is 0.828. The van der Waals surface area contributed by atoms with Crippen LogP contribution in [0.3, 0.4) is 0 Å². The molecule has 0 saturated heterocycles. The summed E-state index contributed by atoms with van der Waals surface area (Å²) in [5.74, 6) is 0.436. The number of nitrogens with zero attached hydrogens (tertiary/aromatic N) is 1. The summed E-state index contributed by atoms with van der Waals surface area (Å²) in [4.78, 5) is 12.0. The number of amides is 1. The number of rotatable bonds is 4. The molecule has 2 rings (SSSR count). The molecule has 0 fully saturated rings. The molecule has 1 aromatic carbocycles. The molecule has 2 N–H and O–H groups in total. The highest BCUT2D eigenvalue weighted by Gasteiger charge is 2.08. The van der Waals surface area contributed by atoms with Gasteiger partial charge in [0.05, 0.1) is 0 Å².